The number of aryl methyl sites for hydroxylation is 1. The zero-order valence-electron chi connectivity index (χ0n) is 11.6. The van der Waals surface area contributed by atoms with Crippen LogP contribution in [0.4, 0.5) is 0 Å². The van der Waals surface area contributed by atoms with Crippen LogP contribution in [0.5, 0.6) is 0 Å². The van der Waals surface area contributed by atoms with Crippen LogP contribution in [0.25, 0.3) is 0 Å². The van der Waals surface area contributed by atoms with E-state index in [1.807, 2.05) is 0 Å². The van der Waals surface area contributed by atoms with Crippen molar-refractivity contribution in [2.45, 2.75) is 37.8 Å². The minimum Gasteiger partial charge on any atom is -0.305 e. The number of fused-ring (bicyclic) bond motifs is 1. The van der Waals surface area contributed by atoms with Crippen LogP contribution >= 0.6 is 0 Å². The van der Waals surface area contributed by atoms with Gasteiger partial charge in [-0.1, -0.05) is 24.3 Å². The second kappa shape index (κ2) is 5.02. The molecule has 1 aromatic rings. The van der Waals surface area contributed by atoms with Gasteiger partial charge in [-0.05, 0) is 57.5 Å². The van der Waals surface area contributed by atoms with Crippen molar-refractivity contribution in [1.29, 1.82) is 0 Å². The molecule has 1 aromatic carbocycles. The van der Waals surface area contributed by atoms with Crippen molar-refractivity contribution in [2.24, 2.45) is 0 Å². The van der Waals surface area contributed by atoms with Crippen molar-refractivity contribution in [3.63, 3.8) is 0 Å². The molecule has 1 fully saturated rings. The van der Waals surface area contributed by atoms with Crippen LogP contribution in [-0.4, -0.2) is 43.0 Å². The molecular formula is C16H24N2. The Balaban J connectivity index is 1.76. The summed E-state index contributed by atoms with van der Waals surface area (Å²) in [5.41, 5.74) is 3.17. The summed E-state index contributed by atoms with van der Waals surface area (Å²) in [7, 11) is 4.44. The zero-order valence-corrected chi connectivity index (χ0v) is 11.6. The van der Waals surface area contributed by atoms with E-state index in [2.05, 4.69) is 48.2 Å². The molecule has 1 saturated heterocycles. The maximum absolute atomic E-state index is 2.72. The van der Waals surface area contributed by atoms with E-state index in [0.29, 0.717) is 6.04 Å². The van der Waals surface area contributed by atoms with Crippen LogP contribution in [0.1, 0.15) is 36.4 Å². The Kier molecular flexibility index (Phi) is 3.40. The van der Waals surface area contributed by atoms with E-state index in [0.717, 1.165) is 6.04 Å². The molecule has 2 nitrogen and oxygen atoms in total. The van der Waals surface area contributed by atoms with Crippen LogP contribution in [0.15, 0.2) is 24.3 Å². The van der Waals surface area contributed by atoms with Gasteiger partial charge in [-0.25, -0.2) is 0 Å². The monoisotopic (exact) mass is 244 g/mol. The number of benzene rings is 1. The highest BCUT2D eigenvalue weighted by atomic mass is 15.2. The predicted molar refractivity (Wildman–Crippen MR) is 75.8 cm³/mol. The van der Waals surface area contributed by atoms with Gasteiger partial charge in [0.1, 0.15) is 0 Å². The average Bonchev–Trinajstić information content (AvgIpc) is 2.82. The highest BCUT2D eigenvalue weighted by Crippen LogP contribution is 2.37. The second-order valence-electron chi connectivity index (χ2n) is 6.01. The second-order valence-corrected chi connectivity index (χ2v) is 6.01. The topological polar surface area (TPSA) is 6.48 Å². The van der Waals surface area contributed by atoms with E-state index < -0.39 is 0 Å². The van der Waals surface area contributed by atoms with Gasteiger partial charge < -0.3 is 4.90 Å². The summed E-state index contributed by atoms with van der Waals surface area (Å²) in [6.45, 7) is 2.52. The number of piperidine rings is 1. The van der Waals surface area contributed by atoms with Gasteiger partial charge in [0.2, 0.25) is 0 Å². The molecule has 3 rings (SSSR count). The van der Waals surface area contributed by atoms with Gasteiger partial charge in [0.05, 0.1) is 0 Å². The lowest BCUT2D eigenvalue weighted by molar-refractivity contribution is 0.0959. The maximum Gasteiger partial charge on any atom is 0.0354 e. The van der Waals surface area contributed by atoms with Crippen molar-refractivity contribution in [1.82, 2.24) is 9.80 Å². The first-order valence-electron chi connectivity index (χ1n) is 7.24. The molecule has 0 saturated carbocycles. The van der Waals surface area contributed by atoms with Crippen molar-refractivity contribution in [3.05, 3.63) is 35.4 Å². The number of hydrogen-bond acceptors (Lipinski definition) is 2. The quantitative estimate of drug-likeness (QED) is 0.789. The van der Waals surface area contributed by atoms with E-state index in [-0.39, 0.29) is 0 Å². The van der Waals surface area contributed by atoms with Crippen LogP contribution in [0.3, 0.4) is 0 Å². The number of likely N-dealkylation sites (N-methyl/N-ethyl adjacent to an activating group) is 1. The first-order chi connectivity index (χ1) is 8.75. The minimum atomic E-state index is 0.684. The first-order valence-corrected chi connectivity index (χ1v) is 7.24. The van der Waals surface area contributed by atoms with Crippen molar-refractivity contribution in [3.8, 4) is 0 Å². The molecular weight excluding hydrogens is 220 g/mol. The molecule has 1 aliphatic heterocycles. The summed E-state index contributed by atoms with van der Waals surface area (Å²) >= 11 is 0. The van der Waals surface area contributed by atoms with Gasteiger partial charge in [-0.3, -0.25) is 4.90 Å². The van der Waals surface area contributed by atoms with Gasteiger partial charge in [0.15, 0.2) is 0 Å². The molecule has 0 aromatic heterocycles. The highest BCUT2D eigenvalue weighted by Gasteiger charge is 2.31. The molecule has 1 aliphatic carbocycles. The molecule has 1 unspecified atom stereocenters. The fourth-order valence-corrected chi connectivity index (χ4v) is 3.60. The van der Waals surface area contributed by atoms with Crippen LogP contribution in [-0.2, 0) is 6.42 Å². The lowest BCUT2D eigenvalue weighted by atomic mass is 10.00. The normalized spacial score (nSPS) is 28.6. The zero-order chi connectivity index (χ0) is 12.5. The standard InChI is InChI=1S/C16H24N2/c1-17(2)14-7-5-11-18(12-14)16-10-9-13-6-3-4-8-15(13)16/h3-4,6,8,14,16H,5,7,9-12H2,1-2H3/t14-,16?/m1/s1. The van der Waals surface area contributed by atoms with Crippen molar-refractivity contribution >= 4 is 0 Å². The number of rotatable bonds is 2. The van der Waals surface area contributed by atoms with E-state index in [4.69, 9.17) is 0 Å². The summed E-state index contributed by atoms with van der Waals surface area (Å²) in [6.07, 6.45) is 5.29. The molecule has 98 valence electrons. The van der Waals surface area contributed by atoms with Gasteiger partial charge >= 0.3 is 0 Å². The molecule has 18 heavy (non-hydrogen) atoms. The molecule has 2 atom stereocenters. The lowest BCUT2D eigenvalue weighted by Crippen LogP contribution is -2.46. The SMILES string of the molecule is CN(C)[C@@H]1CCCN(C2CCc3ccccc32)C1. The Morgan fingerprint density at radius 3 is 2.83 bits per heavy atom. The van der Waals surface area contributed by atoms with Gasteiger partial charge in [0, 0.05) is 18.6 Å². The third-order valence-electron chi connectivity index (χ3n) is 4.70. The third-order valence-corrected chi connectivity index (χ3v) is 4.70. The lowest BCUT2D eigenvalue weighted by Gasteiger charge is -2.39. The summed E-state index contributed by atoms with van der Waals surface area (Å²) in [5, 5.41) is 0. The van der Waals surface area contributed by atoms with Gasteiger partial charge in [-0.15, -0.1) is 0 Å². The summed E-state index contributed by atoms with van der Waals surface area (Å²) in [5.74, 6) is 0. The summed E-state index contributed by atoms with van der Waals surface area (Å²) in [6, 6.07) is 10.5. The third kappa shape index (κ3) is 2.19. The summed E-state index contributed by atoms with van der Waals surface area (Å²) < 4.78 is 0. The Hall–Kier alpha value is -0.860. The van der Waals surface area contributed by atoms with Crippen molar-refractivity contribution < 1.29 is 0 Å². The molecule has 0 bridgehead atoms. The predicted octanol–water partition coefficient (Wildman–Crippen LogP) is 2.70. The Morgan fingerprint density at radius 1 is 1.17 bits per heavy atom. The number of likely N-dealkylation sites (tertiary alicyclic amines) is 1. The molecule has 2 aliphatic rings. The van der Waals surface area contributed by atoms with Crippen LogP contribution in [0.2, 0.25) is 0 Å². The smallest absolute Gasteiger partial charge is 0.0354 e. The van der Waals surface area contributed by atoms with Crippen molar-refractivity contribution in [2.75, 3.05) is 27.2 Å². The van der Waals surface area contributed by atoms with E-state index >= 15 is 0 Å². The Labute approximate surface area is 111 Å². The number of hydrogen-bond donors (Lipinski definition) is 0. The van der Waals surface area contributed by atoms with Crippen LogP contribution < -0.4 is 0 Å². The molecule has 2 heteroatoms. The fraction of sp³-hybridized carbons (Fsp3) is 0.625. The Bertz CT molecular complexity index is 413. The Morgan fingerprint density at radius 2 is 2.00 bits per heavy atom. The minimum absolute atomic E-state index is 0.684. The average molecular weight is 244 g/mol. The molecule has 1 heterocycles. The maximum atomic E-state index is 2.72. The fourth-order valence-electron chi connectivity index (χ4n) is 3.60. The highest BCUT2D eigenvalue weighted by molar-refractivity contribution is 5.34. The molecule has 0 radical (unpaired) electrons. The number of nitrogens with zero attached hydrogens (tertiary/aromatic N) is 2. The van der Waals surface area contributed by atoms with Crippen LogP contribution in [0, 0.1) is 0 Å². The molecule has 0 amide bonds. The van der Waals surface area contributed by atoms with Gasteiger partial charge in [-0.2, -0.15) is 0 Å². The summed E-state index contributed by atoms with van der Waals surface area (Å²) in [4.78, 5) is 5.12. The van der Waals surface area contributed by atoms with E-state index in [1.165, 1.54) is 38.8 Å². The van der Waals surface area contributed by atoms with E-state index in [9.17, 15) is 0 Å². The molecule has 0 N–H and O–H groups in total. The van der Waals surface area contributed by atoms with Gasteiger partial charge in [0.25, 0.3) is 0 Å². The van der Waals surface area contributed by atoms with E-state index in [1.54, 1.807) is 11.1 Å². The first kappa shape index (κ1) is 12.2. The largest absolute Gasteiger partial charge is 0.305 e. The molecule has 0 spiro atoms.